The molecule has 8 heteroatoms. The molecule has 156 valence electrons. The molecule has 1 amide bonds. The van der Waals surface area contributed by atoms with Gasteiger partial charge in [-0.15, -0.1) is 0 Å². The number of hydrogen-bond donors (Lipinski definition) is 0. The first-order valence-electron chi connectivity index (χ1n) is 9.25. The van der Waals surface area contributed by atoms with Crippen LogP contribution in [0.4, 0.5) is 0 Å². The number of para-hydroxylation sites is 2. The number of likely N-dealkylation sites (N-methyl/N-ethyl adjacent to an activating group) is 1. The lowest BCUT2D eigenvalue weighted by Gasteiger charge is -2.19. The van der Waals surface area contributed by atoms with Crippen LogP contribution in [0.15, 0.2) is 66.0 Å². The van der Waals surface area contributed by atoms with Gasteiger partial charge in [0, 0.05) is 24.8 Å². The summed E-state index contributed by atoms with van der Waals surface area (Å²) in [6.45, 7) is -0.0159. The van der Waals surface area contributed by atoms with Crippen LogP contribution in [0.2, 0.25) is 0 Å². The fourth-order valence-corrected chi connectivity index (χ4v) is 3.48. The van der Waals surface area contributed by atoms with E-state index in [1.54, 1.807) is 18.7 Å². The molecule has 3 aromatic rings. The van der Waals surface area contributed by atoms with Crippen LogP contribution in [0.3, 0.4) is 0 Å². The first kappa shape index (κ1) is 21.4. The number of amides is 1. The van der Waals surface area contributed by atoms with Crippen LogP contribution in [0.1, 0.15) is 16.1 Å². The maximum atomic E-state index is 12.7. The molecule has 7 nitrogen and oxygen atoms in total. The summed E-state index contributed by atoms with van der Waals surface area (Å²) in [4.78, 5) is 30.9. The molecule has 1 heterocycles. The molecule has 30 heavy (non-hydrogen) atoms. The van der Waals surface area contributed by atoms with Gasteiger partial charge in [0.2, 0.25) is 0 Å². The Balaban J connectivity index is 1.67. The molecule has 0 atom stereocenters. The van der Waals surface area contributed by atoms with E-state index in [0.717, 1.165) is 11.3 Å². The number of esters is 1. The van der Waals surface area contributed by atoms with Crippen LogP contribution >= 0.6 is 11.8 Å². The van der Waals surface area contributed by atoms with E-state index in [1.807, 2.05) is 60.9 Å². The molecule has 0 aliphatic rings. The van der Waals surface area contributed by atoms with E-state index in [-0.39, 0.29) is 18.2 Å². The summed E-state index contributed by atoms with van der Waals surface area (Å²) in [6.07, 6.45) is 3.34. The number of carbonyl (C=O) groups excluding carboxylic acids is 2. The Labute approximate surface area is 179 Å². The molecule has 0 fully saturated rings. The van der Waals surface area contributed by atoms with Gasteiger partial charge in [-0.1, -0.05) is 48.2 Å². The van der Waals surface area contributed by atoms with Crippen molar-refractivity contribution in [1.29, 1.82) is 0 Å². The summed E-state index contributed by atoms with van der Waals surface area (Å²) in [5, 5.41) is 0.660. The highest BCUT2D eigenvalue weighted by Crippen LogP contribution is 2.22. The van der Waals surface area contributed by atoms with E-state index in [2.05, 4.69) is 4.98 Å². The second kappa shape index (κ2) is 9.98. The smallest absolute Gasteiger partial charge is 0.357 e. The lowest BCUT2D eigenvalue weighted by Crippen LogP contribution is -2.31. The highest BCUT2D eigenvalue weighted by molar-refractivity contribution is 7.98. The van der Waals surface area contributed by atoms with Crippen molar-refractivity contribution in [2.45, 2.75) is 11.7 Å². The van der Waals surface area contributed by atoms with Gasteiger partial charge in [0.1, 0.15) is 5.75 Å². The number of benzene rings is 2. The van der Waals surface area contributed by atoms with Gasteiger partial charge in [-0.2, -0.15) is 0 Å². The van der Waals surface area contributed by atoms with E-state index >= 15 is 0 Å². The molecule has 1 aromatic heterocycles. The molecule has 0 radical (unpaired) electrons. The summed E-state index contributed by atoms with van der Waals surface area (Å²) in [5.41, 5.74) is 1.94. The van der Waals surface area contributed by atoms with Crippen molar-refractivity contribution in [2.75, 3.05) is 27.0 Å². The SMILES string of the molecule is COc1ccccc1CN(C)C(=O)COC(=O)c1cnc(SC)n1-c1ccccc1. The minimum Gasteiger partial charge on any atom is -0.496 e. The monoisotopic (exact) mass is 425 g/mol. The summed E-state index contributed by atoms with van der Waals surface area (Å²) in [5.74, 6) is -0.221. The molecule has 0 aliphatic heterocycles. The van der Waals surface area contributed by atoms with Gasteiger partial charge >= 0.3 is 5.97 Å². The Bertz CT molecular complexity index is 1020. The van der Waals surface area contributed by atoms with Crippen molar-refractivity contribution in [3.05, 3.63) is 72.1 Å². The minimum atomic E-state index is -0.606. The summed E-state index contributed by atoms with van der Waals surface area (Å²) in [7, 11) is 3.24. The van der Waals surface area contributed by atoms with Crippen molar-refractivity contribution in [3.63, 3.8) is 0 Å². The van der Waals surface area contributed by atoms with Crippen molar-refractivity contribution in [3.8, 4) is 11.4 Å². The molecule has 0 saturated heterocycles. The van der Waals surface area contributed by atoms with Gasteiger partial charge in [-0.3, -0.25) is 9.36 Å². The first-order chi connectivity index (χ1) is 14.5. The fraction of sp³-hybridized carbons (Fsp3) is 0.227. The minimum absolute atomic E-state index is 0.269. The zero-order valence-electron chi connectivity index (χ0n) is 17.1. The van der Waals surface area contributed by atoms with E-state index in [4.69, 9.17) is 9.47 Å². The Morgan fingerprint density at radius 3 is 2.50 bits per heavy atom. The van der Waals surface area contributed by atoms with E-state index in [1.165, 1.54) is 22.9 Å². The molecular formula is C22H23N3O4S. The molecule has 2 aromatic carbocycles. The second-order valence-corrected chi connectivity index (χ2v) is 7.21. The number of hydrogen-bond acceptors (Lipinski definition) is 6. The van der Waals surface area contributed by atoms with Crippen LogP contribution < -0.4 is 4.74 Å². The van der Waals surface area contributed by atoms with Gasteiger partial charge in [0.15, 0.2) is 17.5 Å². The normalized spacial score (nSPS) is 10.5. The predicted octanol–water partition coefficient (Wildman–Crippen LogP) is 3.42. The molecule has 0 saturated carbocycles. The largest absolute Gasteiger partial charge is 0.496 e. The fourth-order valence-electron chi connectivity index (χ4n) is 2.94. The average Bonchev–Trinajstić information content (AvgIpc) is 3.22. The van der Waals surface area contributed by atoms with Crippen LogP contribution in [-0.4, -0.2) is 53.3 Å². The molecule has 0 bridgehead atoms. The number of ether oxygens (including phenoxy) is 2. The van der Waals surface area contributed by atoms with Crippen LogP contribution in [0.5, 0.6) is 5.75 Å². The number of nitrogens with zero attached hydrogens (tertiary/aromatic N) is 3. The van der Waals surface area contributed by atoms with Gasteiger partial charge in [0.25, 0.3) is 5.91 Å². The number of carbonyl (C=O) groups is 2. The average molecular weight is 426 g/mol. The molecule has 0 unspecified atom stereocenters. The number of thioether (sulfide) groups is 1. The highest BCUT2D eigenvalue weighted by Gasteiger charge is 2.21. The van der Waals surface area contributed by atoms with Gasteiger partial charge in [0.05, 0.1) is 13.3 Å². The van der Waals surface area contributed by atoms with Crippen molar-refractivity contribution >= 4 is 23.6 Å². The first-order valence-corrected chi connectivity index (χ1v) is 10.5. The van der Waals surface area contributed by atoms with Crippen molar-refractivity contribution in [2.24, 2.45) is 0 Å². The van der Waals surface area contributed by atoms with Crippen LogP contribution in [0.25, 0.3) is 5.69 Å². The third-order valence-corrected chi connectivity index (χ3v) is 5.14. The lowest BCUT2D eigenvalue weighted by atomic mass is 10.2. The third kappa shape index (κ3) is 4.83. The van der Waals surface area contributed by atoms with E-state index in [9.17, 15) is 9.59 Å². The zero-order chi connectivity index (χ0) is 21.5. The van der Waals surface area contributed by atoms with Gasteiger partial charge < -0.3 is 14.4 Å². The zero-order valence-corrected chi connectivity index (χ0v) is 17.9. The van der Waals surface area contributed by atoms with Gasteiger partial charge in [-0.25, -0.2) is 9.78 Å². The van der Waals surface area contributed by atoms with Crippen LogP contribution in [0, 0.1) is 0 Å². The summed E-state index contributed by atoms with van der Waals surface area (Å²) < 4.78 is 12.3. The molecule has 0 spiro atoms. The number of aromatic nitrogens is 2. The Morgan fingerprint density at radius 2 is 1.80 bits per heavy atom. The van der Waals surface area contributed by atoms with Crippen molar-refractivity contribution in [1.82, 2.24) is 14.5 Å². The van der Waals surface area contributed by atoms with E-state index in [0.29, 0.717) is 17.5 Å². The Hall–Kier alpha value is -3.26. The molecular weight excluding hydrogens is 402 g/mol. The summed E-state index contributed by atoms with van der Waals surface area (Å²) in [6, 6.07) is 16.9. The van der Waals surface area contributed by atoms with Gasteiger partial charge in [-0.05, 0) is 24.5 Å². The third-order valence-electron chi connectivity index (χ3n) is 4.49. The Morgan fingerprint density at radius 1 is 1.10 bits per heavy atom. The maximum absolute atomic E-state index is 12.7. The predicted molar refractivity (Wildman–Crippen MR) is 115 cm³/mol. The number of methoxy groups -OCH3 is 1. The van der Waals surface area contributed by atoms with E-state index < -0.39 is 5.97 Å². The molecule has 0 aliphatic carbocycles. The second-order valence-electron chi connectivity index (χ2n) is 6.44. The molecule has 3 rings (SSSR count). The standard InChI is InChI=1S/C22H23N3O4S/c1-24(14-16-9-7-8-12-19(16)28-2)20(26)15-29-21(27)18-13-23-22(30-3)25(18)17-10-5-4-6-11-17/h4-13H,14-15H2,1-3H3. The molecule has 0 N–H and O–H groups in total. The summed E-state index contributed by atoms with van der Waals surface area (Å²) >= 11 is 1.42. The maximum Gasteiger partial charge on any atom is 0.357 e. The van der Waals surface area contributed by atoms with Crippen LogP contribution in [-0.2, 0) is 16.1 Å². The quantitative estimate of drug-likeness (QED) is 0.407. The van der Waals surface area contributed by atoms with Crippen molar-refractivity contribution < 1.29 is 19.1 Å². The topological polar surface area (TPSA) is 73.7 Å². The highest BCUT2D eigenvalue weighted by atomic mass is 32.2. The number of imidazole rings is 1. The lowest BCUT2D eigenvalue weighted by molar-refractivity contribution is -0.133. The number of rotatable bonds is 8. The Kier molecular flexibility index (Phi) is 7.13.